The molecule has 2 atom stereocenters. The Morgan fingerprint density at radius 3 is 2.88 bits per heavy atom. The molecule has 3 heterocycles. The van der Waals surface area contributed by atoms with Gasteiger partial charge in [0.25, 0.3) is 0 Å². The van der Waals surface area contributed by atoms with Crippen LogP contribution in [0.1, 0.15) is 19.3 Å². The zero-order valence-corrected chi connectivity index (χ0v) is 13.8. The van der Waals surface area contributed by atoms with E-state index in [-0.39, 0.29) is 17.9 Å². The second-order valence-corrected chi connectivity index (χ2v) is 6.27. The lowest BCUT2D eigenvalue weighted by molar-refractivity contribution is -0.0501. The minimum absolute atomic E-state index is 0.00835. The Hall–Kier alpha value is -2.74. The fraction of sp³-hybridized carbons (Fsp3) is 0.333. The molecule has 0 aromatic carbocycles. The molecule has 3 aromatic heterocycles. The van der Waals surface area contributed by atoms with Crippen LogP contribution in [0.25, 0.3) is 17.0 Å². The number of fused-ring (bicyclic) bond motifs is 1. The first-order valence-electron chi connectivity index (χ1n) is 8.44. The number of aromatic nitrogens is 3. The second kappa shape index (κ2) is 6.87. The van der Waals surface area contributed by atoms with Crippen molar-refractivity contribution in [3.8, 4) is 17.1 Å². The van der Waals surface area contributed by atoms with E-state index in [4.69, 9.17) is 0 Å². The molecule has 4 rings (SSSR count). The molecule has 136 valence electrons. The summed E-state index contributed by atoms with van der Waals surface area (Å²) in [4.78, 5) is 8.86. The van der Waals surface area contributed by atoms with E-state index in [1.165, 1.54) is 12.3 Å². The first-order chi connectivity index (χ1) is 12.6. The number of halogens is 2. The Balaban J connectivity index is 1.65. The number of hydrogen-bond acceptors (Lipinski definition) is 5. The number of nitrogens with one attached hydrogen (secondary N) is 1. The summed E-state index contributed by atoms with van der Waals surface area (Å²) < 4.78 is 31.0. The van der Waals surface area contributed by atoms with Gasteiger partial charge in [-0.1, -0.05) is 6.07 Å². The van der Waals surface area contributed by atoms with Crippen molar-refractivity contribution in [1.82, 2.24) is 14.4 Å². The van der Waals surface area contributed by atoms with Crippen LogP contribution in [0.4, 0.5) is 14.6 Å². The number of hydrogen-bond donors (Lipinski definition) is 2. The van der Waals surface area contributed by atoms with Gasteiger partial charge >= 0.3 is 6.61 Å². The van der Waals surface area contributed by atoms with Gasteiger partial charge in [0, 0.05) is 0 Å². The Morgan fingerprint density at radius 2 is 2.12 bits per heavy atom. The predicted molar refractivity (Wildman–Crippen MR) is 92.3 cm³/mol. The van der Waals surface area contributed by atoms with Gasteiger partial charge in [-0.2, -0.15) is 8.78 Å². The van der Waals surface area contributed by atoms with Gasteiger partial charge in [0.2, 0.25) is 0 Å². The molecule has 0 unspecified atom stereocenters. The molecule has 0 saturated heterocycles. The average molecular weight is 360 g/mol. The Kier molecular flexibility index (Phi) is 4.42. The van der Waals surface area contributed by atoms with Crippen LogP contribution in [-0.4, -0.2) is 38.2 Å². The molecular formula is C18H18F2N4O2. The van der Waals surface area contributed by atoms with Gasteiger partial charge in [0.1, 0.15) is 17.2 Å². The third-order valence-electron chi connectivity index (χ3n) is 4.53. The summed E-state index contributed by atoms with van der Waals surface area (Å²) >= 11 is 0. The number of imidazole rings is 1. The average Bonchev–Trinajstić information content (AvgIpc) is 3.21. The van der Waals surface area contributed by atoms with E-state index in [0.29, 0.717) is 22.9 Å². The van der Waals surface area contributed by atoms with Crippen molar-refractivity contribution in [3.63, 3.8) is 0 Å². The number of ether oxygens (including phenoxy) is 1. The van der Waals surface area contributed by atoms with Crippen LogP contribution in [0.5, 0.6) is 5.75 Å². The minimum Gasteiger partial charge on any atom is -0.433 e. The first kappa shape index (κ1) is 16.7. The Labute approximate surface area is 148 Å². The molecule has 1 saturated carbocycles. The highest BCUT2D eigenvalue weighted by Crippen LogP contribution is 2.26. The Morgan fingerprint density at radius 1 is 1.23 bits per heavy atom. The lowest BCUT2D eigenvalue weighted by atomic mass is 10.2. The topological polar surface area (TPSA) is 71.7 Å². The standard InChI is InChI=1S/C18H18F2N4O2/c19-18(20)26-11-7-8-17-21-9-14(24(17)10-11)12-3-2-6-16(22-12)23-13-4-1-5-15(13)25/h2-3,6-10,13,15,18,25H,1,4-5H2,(H,22,23)/t13-,15-/m0/s1. The SMILES string of the molecule is O[C@H]1CCC[C@@H]1Nc1cccc(-c2cnc3ccc(OC(F)F)cn23)n1. The normalized spacial score (nSPS) is 20.0. The van der Waals surface area contributed by atoms with E-state index in [0.717, 1.165) is 19.3 Å². The molecule has 0 radical (unpaired) electrons. The summed E-state index contributed by atoms with van der Waals surface area (Å²) in [6.07, 6.45) is 5.41. The van der Waals surface area contributed by atoms with E-state index in [9.17, 15) is 13.9 Å². The van der Waals surface area contributed by atoms with Crippen molar-refractivity contribution < 1.29 is 18.6 Å². The monoisotopic (exact) mass is 360 g/mol. The molecule has 2 N–H and O–H groups in total. The summed E-state index contributed by atoms with van der Waals surface area (Å²) in [6, 6.07) is 8.56. The third-order valence-corrected chi connectivity index (χ3v) is 4.53. The maximum Gasteiger partial charge on any atom is 0.387 e. The van der Waals surface area contributed by atoms with Gasteiger partial charge in [-0.05, 0) is 43.5 Å². The van der Waals surface area contributed by atoms with E-state index < -0.39 is 6.61 Å². The largest absolute Gasteiger partial charge is 0.433 e. The quantitative estimate of drug-likeness (QED) is 0.730. The van der Waals surface area contributed by atoms with E-state index in [1.807, 2.05) is 18.2 Å². The number of rotatable bonds is 5. The van der Waals surface area contributed by atoms with Crippen molar-refractivity contribution in [3.05, 3.63) is 42.7 Å². The molecule has 1 aliphatic carbocycles. The van der Waals surface area contributed by atoms with Crippen LogP contribution in [-0.2, 0) is 0 Å². The summed E-state index contributed by atoms with van der Waals surface area (Å²) in [5.41, 5.74) is 1.91. The maximum atomic E-state index is 12.5. The summed E-state index contributed by atoms with van der Waals surface area (Å²) in [5, 5.41) is 13.2. The van der Waals surface area contributed by atoms with Crippen LogP contribution >= 0.6 is 0 Å². The van der Waals surface area contributed by atoms with Gasteiger partial charge < -0.3 is 15.2 Å². The number of nitrogens with zero attached hydrogens (tertiary/aromatic N) is 3. The van der Waals surface area contributed by atoms with Crippen molar-refractivity contribution in [1.29, 1.82) is 0 Å². The molecule has 3 aromatic rings. The smallest absolute Gasteiger partial charge is 0.387 e. The number of anilines is 1. The van der Waals surface area contributed by atoms with Crippen LogP contribution < -0.4 is 10.1 Å². The molecule has 8 heteroatoms. The minimum atomic E-state index is -2.89. The van der Waals surface area contributed by atoms with Gasteiger partial charge in [-0.25, -0.2) is 9.97 Å². The van der Waals surface area contributed by atoms with Crippen LogP contribution in [0.3, 0.4) is 0 Å². The number of pyridine rings is 2. The zero-order chi connectivity index (χ0) is 18.1. The van der Waals surface area contributed by atoms with Crippen molar-refractivity contribution in [2.75, 3.05) is 5.32 Å². The van der Waals surface area contributed by atoms with E-state index >= 15 is 0 Å². The van der Waals surface area contributed by atoms with Gasteiger partial charge in [-0.3, -0.25) is 4.40 Å². The molecule has 0 bridgehead atoms. The summed E-state index contributed by atoms with van der Waals surface area (Å²) in [7, 11) is 0. The second-order valence-electron chi connectivity index (χ2n) is 6.27. The van der Waals surface area contributed by atoms with Gasteiger partial charge in [0.05, 0.1) is 35.9 Å². The van der Waals surface area contributed by atoms with Crippen LogP contribution in [0.15, 0.2) is 42.7 Å². The van der Waals surface area contributed by atoms with Crippen LogP contribution in [0, 0.1) is 0 Å². The fourth-order valence-electron chi connectivity index (χ4n) is 3.28. The van der Waals surface area contributed by atoms with E-state index in [2.05, 4.69) is 20.0 Å². The zero-order valence-electron chi connectivity index (χ0n) is 13.8. The molecule has 0 amide bonds. The molecule has 1 aliphatic rings. The van der Waals surface area contributed by atoms with Gasteiger partial charge in [0.15, 0.2) is 0 Å². The van der Waals surface area contributed by atoms with Crippen LogP contribution in [0.2, 0.25) is 0 Å². The fourth-order valence-corrected chi connectivity index (χ4v) is 3.28. The number of aliphatic hydroxyl groups excluding tert-OH is 1. The highest BCUT2D eigenvalue weighted by Gasteiger charge is 2.25. The highest BCUT2D eigenvalue weighted by molar-refractivity contribution is 5.62. The highest BCUT2D eigenvalue weighted by atomic mass is 19.3. The molecule has 0 aliphatic heterocycles. The lowest BCUT2D eigenvalue weighted by Gasteiger charge is -2.17. The lowest BCUT2D eigenvalue weighted by Crippen LogP contribution is -2.28. The third kappa shape index (κ3) is 3.32. The molecule has 6 nitrogen and oxygen atoms in total. The Bertz CT molecular complexity index is 915. The number of aliphatic hydroxyl groups is 1. The van der Waals surface area contributed by atoms with Crippen molar-refractivity contribution in [2.45, 2.75) is 38.0 Å². The number of alkyl halides is 2. The summed E-state index contributed by atoms with van der Waals surface area (Å²) in [5.74, 6) is 0.707. The van der Waals surface area contributed by atoms with E-state index in [1.54, 1.807) is 16.7 Å². The maximum absolute atomic E-state index is 12.5. The summed E-state index contributed by atoms with van der Waals surface area (Å²) in [6.45, 7) is -2.89. The van der Waals surface area contributed by atoms with Crippen molar-refractivity contribution >= 4 is 11.5 Å². The molecular weight excluding hydrogens is 342 g/mol. The predicted octanol–water partition coefficient (Wildman–Crippen LogP) is 3.32. The van der Waals surface area contributed by atoms with Crippen molar-refractivity contribution in [2.24, 2.45) is 0 Å². The van der Waals surface area contributed by atoms with Gasteiger partial charge in [-0.15, -0.1) is 0 Å². The molecule has 26 heavy (non-hydrogen) atoms. The molecule has 1 fully saturated rings. The molecule has 0 spiro atoms. The first-order valence-corrected chi connectivity index (χ1v) is 8.44.